The highest BCUT2D eigenvalue weighted by molar-refractivity contribution is 8.00. The fraction of sp³-hybridized carbons (Fsp3) is 1.00. The highest BCUT2D eigenvalue weighted by atomic mass is 32.2. The number of β-amino-alcohol motifs (C(OH)–C–C–N with tert-alkyl or cyclic N) is 1. The standard InChI is InChI=1S/C15H30N2OS/c1-13-4-6-16(7-5-13)10-14(18)11-17-8-9-19-15(2,3)12-17/h13-14,18H,4-12H2,1-3H3. The van der Waals surface area contributed by atoms with E-state index < -0.39 is 0 Å². The minimum atomic E-state index is -0.188. The lowest BCUT2D eigenvalue weighted by Crippen LogP contribution is -2.48. The molecule has 0 aromatic rings. The molecule has 1 atom stereocenters. The lowest BCUT2D eigenvalue weighted by Gasteiger charge is -2.39. The van der Waals surface area contributed by atoms with Gasteiger partial charge in [0.25, 0.3) is 0 Å². The predicted octanol–water partition coefficient (Wildman–Crippen LogP) is 1.91. The van der Waals surface area contributed by atoms with Gasteiger partial charge in [-0.1, -0.05) is 6.92 Å². The summed E-state index contributed by atoms with van der Waals surface area (Å²) in [6.07, 6.45) is 2.40. The molecular formula is C15H30N2OS. The van der Waals surface area contributed by atoms with Gasteiger partial charge in [-0.3, -0.25) is 4.90 Å². The largest absolute Gasteiger partial charge is 0.390 e. The Morgan fingerprint density at radius 3 is 2.42 bits per heavy atom. The Hall–Kier alpha value is 0.230. The number of rotatable bonds is 4. The summed E-state index contributed by atoms with van der Waals surface area (Å²) < 4.78 is 0.346. The highest BCUT2D eigenvalue weighted by Gasteiger charge is 2.28. The van der Waals surface area contributed by atoms with Gasteiger partial charge in [0, 0.05) is 36.7 Å². The summed E-state index contributed by atoms with van der Waals surface area (Å²) in [6.45, 7) is 13.2. The van der Waals surface area contributed by atoms with Crippen LogP contribution in [0.2, 0.25) is 0 Å². The van der Waals surface area contributed by atoms with Crippen LogP contribution in [0.5, 0.6) is 0 Å². The molecule has 0 radical (unpaired) electrons. The number of thioether (sulfide) groups is 1. The molecule has 2 rings (SSSR count). The normalized spacial score (nSPS) is 28.4. The lowest BCUT2D eigenvalue weighted by molar-refractivity contribution is 0.0600. The van der Waals surface area contributed by atoms with Gasteiger partial charge in [0.2, 0.25) is 0 Å². The van der Waals surface area contributed by atoms with E-state index in [1.54, 1.807) is 0 Å². The van der Waals surface area contributed by atoms with Crippen molar-refractivity contribution in [1.29, 1.82) is 0 Å². The van der Waals surface area contributed by atoms with E-state index in [9.17, 15) is 5.11 Å². The molecule has 4 heteroatoms. The third-order valence-corrected chi connectivity index (χ3v) is 5.62. The SMILES string of the molecule is CC1CCN(CC(O)CN2CCSC(C)(C)C2)CC1. The van der Waals surface area contributed by atoms with Gasteiger partial charge in [0.05, 0.1) is 6.10 Å². The summed E-state index contributed by atoms with van der Waals surface area (Å²) in [6, 6.07) is 0. The van der Waals surface area contributed by atoms with Crippen LogP contribution < -0.4 is 0 Å². The van der Waals surface area contributed by atoms with E-state index in [-0.39, 0.29) is 6.10 Å². The predicted molar refractivity (Wildman–Crippen MR) is 83.8 cm³/mol. The number of piperidine rings is 1. The van der Waals surface area contributed by atoms with Crippen LogP contribution in [-0.2, 0) is 0 Å². The van der Waals surface area contributed by atoms with Crippen molar-refractivity contribution in [2.24, 2.45) is 5.92 Å². The fourth-order valence-corrected chi connectivity index (χ4v) is 4.34. The van der Waals surface area contributed by atoms with Crippen LogP contribution in [0.25, 0.3) is 0 Å². The first-order valence-electron chi connectivity index (χ1n) is 7.71. The van der Waals surface area contributed by atoms with Gasteiger partial charge in [0.15, 0.2) is 0 Å². The third-order valence-electron chi connectivity index (χ3n) is 4.32. The van der Waals surface area contributed by atoms with Crippen molar-refractivity contribution in [2.75, 3.05) is 45.0 Å². The van der Waals surface area contributed by atoms with Crippen LogP contribution in [0.4, 0.5) is 0 Å². The zero-order valence-electron chi connectivity index (χ0n) is 12.8. The monoisotopic (exact) mass is 286 g/mol. The van der Waals surface area contributed by atoms with Gasteiger partial charge in [0.1, 0.15) is 0 Å². The quantitative estimate of drug-likeness (QED) is 0.854. The number of hydrogen-bond acceptors (Lipinski definition) is 4. The molecule has 112 valence electrons. The van der Waals surface area contributed by atoms with Gasteiger partial charge in [-0.15, -0.1) is 0 Å². The number of nitrogens with zero attached hydrogens (tertiary/aromatic N) is 2. The molecule has 0 saturated carbocycles. The molecule has 2 saturated heterocycles. The Bertz CT molecular complexity index is 277. The average Bonchev–Trinajstić information content (AvgIpc) is 2.30. The van der Waals surface area contributed by atoms with E-state index in [1.807, 2.05) is 0 Å². The molecule has 19 heavy (non-hydrogen) atoms. The zero-order valence-corrected chi connectivity index (χ0v) is 13.6. The number of hydrogen-bond donors (Lipinski definition) is 1. The van der Waals surface area contributed by atoms with Gasteiger partial charge in [-0.25, -0.2) is 0 Å². The average molecular weight is 286 g/mol. The summed E-state index contributed by atoms with van der Waals surface area (Å²) in [5.74, 6) is 2.06. The van der Waals surface area contributed by atoms with Gasteiger partial charge in [-0.05, 0) is 45.7 Å². The summed E-state index contributed by atoms with van der Waals surface area (Å²) >= 11 is 2.05. The van der Waals surface area contributed by atoms with Crippen LogP contribution in [-0.4, -0.2) is 70.8 Å². The van der Waals surface area contributed by atoms with E-state index >= 15 is 0 Å². The van der Waals surface area contributed by atoms with Crippen molar-refractivity contribution in [2.45, 2.75) is 44.5 Å². The molecule has 2 aliphatic heterocycles. The van der Waals surface area contributed by atoms with E-state index in [0.29, 0.717) is 4.75 Å². The Kier molecular flexibility index (Phi) is 5.58. The van der Waals surface area contributed by atoms with Crippen LogP contribution in [0.3, 0.4) is 0 Å². The van der Waals surface area contributed by atoms with E-state index in [2.05, 4.69) is 42.3 Å². The summed E-state index contributed by atoms with van der Waals surface area (Å²) in [4.78, 5) is 4.88. The second-order valence-electron chi connectivity index (χ2n) is 6.98. The summed E-state index contributed by atoms with van der Waals surface area (Å²) in [5.41, 5.74) is 0. The molecule has 0 spiro atoms. The maximum absolute atomic E-state index is 10.3. The molecule has 0 bridgehead atoms. The Balaban J connectivity index is 1.70. The zero-order chi connectivity index (χ0) is 13.9. The number of aliphatic hydroxyl groups excluding tert-OH is 1. The Morgan fingerprint density at radius 2 is 1.79 bits per heavy atom. The van der Waals surface area contributed by atoms with E-state index in [0.717, 1.165) is 32.1 Å². The molecule has 3 nitrogen and oxygen atoms in total. The second-order valence-corrected chi connectivity index (χ2v) is 8.78. The number of aliphatic hydroxyl groups is 1. The van der Waals surface area contributed by atoms with Crippen molar-refractivity contribution in [1.82, 2.24) is 9.80 Å². The highest BCUT2D eigenvalue weighted by Crippen LogP contribution is 2.29. The van der Waals surface area contributed by atoms with Gasteiger partial charge >= 0.3 is 0 Å². The van der Waals surface area contributed by atoms with Crippen LogP contribution in [0.15, 0.2) is 0 Å². The molecule has 0 amide bonds. The van der Waals surface area contributed by atoms with Crippen molar-refractivity contribution in [3.05, 3.63) is 0 Å². The maximum Gasteiger partial charge on any atom is 0.0793 e. The lowest BCUT2D eigenvalue weighted by atomic mass is 9.99. The van der Waals surface area contributed by atoms with Crippen LogP contribution >= 0.6 is 11.8 Å². The first kappa shape index (κ1) is 15.6. The molecule has 0 aromatic heterocycles. The molecule has 0 aliphatic carbocycles. The molecule has 2 aliphatic rings. The minimum Gasteiger partial charge on any atom is -0.390 e. The topological polar surface area (TPSA) is 26.7 Å². The van der Waals surface area contributed by atoms with Crippen molar-refractivity contribution < 1.29 is 5.11 Å². The first-order chi connectivity index (χ1) is 8.94. The minimum absolute atomic E-state index is 0.188. The molecule has 2 heterocycles. The van der Waals surface area contributed by atoms with E-state index in [4.69, 9.17) is 0 Å². The molecule has 0 aromatic carbocycles. The first-order valence-corrected chi connectivity index (χ1v) is 8.70. The van der Waals surface area contributed by atoms with Crippen LogP contribution in [0, 0.1) is 5.92 Å². The van der Waals surface area contributed by atoms with Crippen molar-refractivity contribution >= 4 is 11.8 Å². The van der Waals surface area contributed by atoms with Crippen LogP contribution in [0.1, 0.15) is 33.6 Å². The maximum atomic E-state index is 10.3. The van der Waals surface area contributed by atoms with Gasteiger partial charge in [-0.2, -0.15) is 11.8 Å². The number of likely N-dealkylation sites (tertiary alicyclic amines) is 1. The summed E-state index contributed by atoms with van der Waals surface area (Å²) in [7, 11) is 0. The molecular weight excluding hydrogens is 256 g/mol. The smallest absolute Gasteiger partial charge is 0.0793 e. The Labute approximate surface area is 122 Å². The van der Waals surface area contributed by atoms with Crippen molar-refractivity contribution in [3.8, 4) is 0 Å². The van der Waals surface area contributed by atoms with Crippen molar-refractivity contribution in [3.63, 3.8) is 0 Å². The molecule has 1 unspecified atom stereocenters. The third kappa shape index (κ3) is 5.25. The Morgan fingerprint density at radius 1 is 1.16 bits per heavy atom. The fourth-order valence-electron chi connectivity index (χ4n) is 3.17. The van der Waals surface area contributed by atoms with E-state index in [1.165, 1.54) is 31.7 Å². The second kappa shape index (κ2) is 6.79. The summed E-state index contributed by atoms with van der Waals surface area (Å²) in [5, 5.41) is 10.3. The van der Waals surface area contributed by atoms with Gasteiger partial charge < -0.3 is 10.0 Å². The molecule has 2 fully saturated rings. The molecule has 1 N–H and O–H groups in total.